The molecule has 5 aliphatic rings. The predicted molar refractivity (Wildman–Crippen MR) is 193 cm³/mol. The molecule has 7 heterocycles. The third-order valence-electron chi connectivity index (χ3n) is 11.9. The highest BCUT2D eigenvalue weighted by atomic mass is 19.3. The Balaban J connectivity index is 1.21. The van der Waals surface area contributed by atoms with E-state index in [4.69, 9.17) is 0 Å². The molecular weight excluding hydrogens is 641 g/mol. The molecule has 5 aliphatic heterocycles. The number of hydrogen-bond donors (Lipinski definition) is 1. The van der Waals surface area contributed by atoms with Gasteiger partial charge in [-0.25, -0.2) is 23.1 Å². The lowest BCUT2D eigenvalue weighted by Gasteiger charge is -2.42. The highest BCUT2D eigenvalue weighted by Gasteiger charge is 2.45. The van der Waals surface area contributed by atoms with Crippen molar-refractivity contribution in [2.75, 3.05) is 76.2 Å². The summed E-state index contributed by atoms with van der Waals surface area (Å²) < 4.78 is 49.9. The number of halogens is 3. The van der Waals surface area contributed by atoms with Crippen LogP contribution in [-0.2, 0) is 12.5 Å². The predicted octanol–water partition coefficient (Wildman–Crippen LogP) is 6.09. The van der Waals surface area contributed by atoms with Crippen LogP contribution >= 0.6 is 0 Å². The summed E-state index contributed by atoms with van der Waals surface area (Å²) in [7, 11) is 2.18. The molecule has 0 saturated carbocycles. The molecule has 3 aromatic rings. The van der Waals surface area contributed by atoms with E-state index >= 15 is 13.2 Å². The van der Waals surface area contributed by atoms with Crippen molar-refractivity contribution >= 4 is 22.5 Å². The molecule has 272 valence electrons. The molecule has 1 N–H and O–H groups in total. The molecule has 0 spiro atoms. The van der Waals surface area contributed by atoms with E-state index < -0.39 is 29.3 Å². The number of aromatic nitrogens is 3. The summed E-state index contributed by atoms with van der Waals surface area (Å²) in [5.74, 6) is -4.58. The lowest BCUT2D eigenvalue weighted by Crippen LogP contribution is -2.53. The van der Waals surface area contributed by atoms with Crippen LogP contribution in [0.5, 0.6) is 0 Å². The van der Waals surface area contributed by atoms with Crippen molar-refractivity contribution in [2.24, 2.45) is 5.92 Å². The van der Waals surface area contributed by atoms with Gasteiger partial charge in [0.2, 0.25) is 0 Å². The second-order valence-electron chi connectivity index (χ2n) is 15.1. The maximum absolute atomic E-state index is 16.1. The fourth-order valence-corrected chi connectivity index (χ4v) is 8.70. The van der Waals surface area contributed by atoms with Gasteiger partial charge in [0.25, 0.3) is 11.5 Å². The van der Waals surface area contributed by atoms with Gasteiger partial charge in [0.15, 0.2) is 0 Å². The van der Waals surface area contributed by atoms with Gasteiger partial charge in [-0.1, -0.05) is 37.5 Å². The molecule has 3 fully saturated rings. The van der Waals surface area contributed by atoms with Gasteiger partial charge in [-0.2, -0.15) is 0 Å². The van der Waals surface area contributed by atoms with Crippen molar-refractivity contribution in [1.29, 1.82) is 0 Å². The number of hydrogen-bond acceptors (Lipinski definition) is 8. The van der Waals surface area contributed by atoms with Gasteiger partial charge in [-0.15, -0.1) is 0 Å². The number of pyridine rings is 1. The number of piperazine rings is 1. The number of benzene rings is 1. The van der Waals surface area contributed by atoms with E-state index in [1.807, 2.05) is 6.07 Å². The minimum absolute atomic E-state index is 0.0501. The Morgan fingerprint density at radius 1 is 0.840 bits per heavy atom. The zero-order chi connectivity index (χ0) is 34.8. The zero-order valence-electron chi connectivity index (χ0n) is 29.7. The average molecular weight is 695 g/mol. The fourth-order valence-electron chi connectivity index (χ4n) is 8.70. The molecule has 3 saturated heterocycles. The number of piperidine rings is 2. The number of alkyl halides is 2. The summed E-state index contributed by atoms with van der Waals surface area (Å²) in [6.45, 7) is 9.96. The zero-order valence-corrected chi connectivity index (χ0v) is 29.7. The normalized spacial score (nSPS) is 26.5. The van der Waals surface area contributed by atoms with Gasteiger partial charge in [0, 0.05) is 50.2 Å². The Bertz CT molecular complexity index is 1680. The Labute approximate surface area is 293 Å². The van der Waals surface area contributed by atoms with Crippen LogP contribution < -0.4 is 15.8 Å². The SMILES string of the molecule is C[C@@H]1Nc2ncnc3c2cc(N2CCN(C4CCN(C)CC4)CC2)c(=O)n3CCCCCCCN2CCC(CC2)C(F)(F)c2cccc1c2F. The van der Waals surface area contributed by atoms with Gasteiger partial charge in [0.05, 0.1) is 17.0 Å². The van der Waals surface area contributed by atoms with Crippen molar-refractivity contribution in [2.45, 2.75) is 89.3 Å². The van der Waals surface area contributed by atoms with Crippen molar-refractivity contribution in [1.82, 2.24) is 29.2 Å². The first-order valence-corrected chi connectivity index (χ1v) is 18.9. The average Bonchev–Trinajstić information content (AvgIpc) is 3.12. The highest BCUT2D eigenvalue weighted by Crippen LogP contribution is 2.44. The van der Waals surface area contributed by atoms with Gasteiger partial charge >= 0.3 is 0 Å². The Kier molecular flexibility index (Phi) is 10.7. The van der Waals surface area contributed by atoms with E-state index in [0.717, 1.165) is 77.9 Å². The summed E-state index contributed by atoms with van der Waals surface area (Å²) in [5.41, 5.74) is 0.740. The van der Waals surface area contributed by atoms with Crippen molar-refractivity contribution in [3.63, 3.8) is 0 Å². The summed E-state index contributed by atoms with van der Waals surface area (Å²) in [5, 5.41) is 4.00. The molecule has 50 heavy (non-hydrogen) atoms. The first-order chi connectivity index (χ1) is 24.2. The Morgan fingerprint density at radius 3 is 2.28 bits per heavy atom. The van der Waals surface area contributed by atoms with Crippen LogP contribution in [-0.4, -0.2) is 101 Å². The molecule has 1 aromatic carbocycles. The molecule has 0 aliphatic carbocycles. The third kappa shape index (κ3) is 7.25. The second kappa shape index (κ2) is 15.2. The molecule has 8 bridgehead atoms. The summed E-state index contributed by atoms with van der Waals surface area (Å²) in [6, 6.07) is 6.14. The van der Waals surface area contributed by atoms with E-state index in [2.05, 4.69) is 41.9 Å². The Morgan fingerprint density at radius 2 is 1.54 bits per heavy atom. The third-order valence-corrected chi connectivity index (χ3v) is 11.9. The molecule has 0 amide bonds. The van der Waals surface area contributed by atoms with Crippen molar-refractivity contribution < 1.29 is 13.2 Å². The molecule has 9 nitrogen and oxygen atoms in total. The number of rotatable bonds is 2. The summed E-state index contributed by atoms with van der Waals surface area (Å²) >= 11 is 0. The molecular formula is C38H53F3N8O. The lowest BCUT2D eigenvalue weighted by molar-refractivity contribution is -0.0880. The van der Waals surface area contributed by atoms with Crippen LogP contribution in [0, 0.1) is 11.7 Å². The van der Waals surface area contributed by atoms with Gasteiger partial charge in [-0.05, 0) is 91.3 Å². The molecule has 2 aromatic heterocycles. The standard InChI is InChI=1S/C38H53F3N8O/c1-27-30-9-8-10-32(34(30)39)38(40,41)28-11-19-46(20-12-28)15-6-4-3-5-7-16-49-36-31(35(44-27)42-26-43-36)25-33(37(49)50)48-23-21-47(22-24-48)29-13-17-45(2)18-14-29/h8-10,25-29H,3-7,11-24H2,1-2H3,(H,42,43,44)/t27-/m0/s1. The molecule has 1 atom stereocenters. The summed E-state index contributed by atoms with van der Waals surface area (Å²) in [4.78, 5) is 32.8. The van der Waals surface area contributed by atoms with Crippen LogP contribution in [0.2, 0.25) is 0 Å². The topological polar surface area (TPSA) is 72.8 Å². The smallest absolute Gasteiger partial charge is 0.278 e. The Hall–Kier alpha value is -3.22. The summed E-state index contributed by atoms with van der Waals surface area (Å²) in [6.07, 6.45) is 9.43. The monoisotopic (exact) mass is 694 g/mol. The van der Waals surface area contributed by atoms with Gasteiger partial charge in [-0.3, -0.25) is 14.3 Å². The molecule has 12 heteroatoms. The fraction of sp³-hybridized carbons (Fsp3) is 0.658. The van der Waals surface area contributed by atoms with Crippen LogP contribution in [0.4, 0.5) is 24.7 Å². The van der Waals surface area contributed by atoms with E-state index in [1.165, 1.54) is 31.3 Å². The minimum atomic E-state index is -3.27. The molecule has 0 unspecified atom stereocenters. The molecule has 8 rings (SSSR count). The van der Waals surface area contributed by atoms with Crippen LogP contribution in [0.15, 0.2) is 35.4 Å². The number of nitrogens with zero attached hydrogens (tertiary/aromatic N) is 7. The van der Waals surface area contributed by atoms with E-state index in [9.17, 15) is 4.79 Å². The number of aryl methyl sites for hydroxylation is 1. The highest BCUT2D eigenvalue weighted by molar-refractivity contribution is 5.89. The van der Waals surface area contributed by atoms with E-state index in [0.29, 0.717) is 61.1 Å². The van der Waals surface area contributed by atoms with E-state index in [1.54, 1.807) is 17.6 Å². The van der Waals surface area contributed by atoms with Crippen LogP contribution in [0.25, 0.3) is 11.0 Å². The van der Waals surface area contributed by atoms with Gasteiger partial charge in [0.1, 0.15) is 29.3 Å². The first-order valence-electron chi connectivity index (χ1n) is 18.9. The number of likely N-dealkylation sites (tertiary alicyclic amines) is 1. The first kappa shape index (κ1) is 35.2. The quantitative estimate of drug-likeness (QED) is 0.346. The van der Waals surface area contributed by atoms with Crippen LogP contribution in [0.3, 0.4) is 0 Å². The molecule has 0 radical (unpaired) electrons. The number of anilines is 2. The second-order valence-corrected chi connectivity index (χ2v) is 15.1. The maximum Gasteiger partial charge on any atom is 0.278 e. The van der Waals surface area contributed by atoms with Crippen molar-refractivity contribution in [3.8, 4) is 0 Å². The number of nitrogens with one attached hydrogen (secondary N) is 1. The lowest BCUT2D eigenvalue weighted by atomic mass is 9.85. The van der Waals surface area contributed by atoms with Crippen LogP contribution in [0.1, 0.15) is 81.9 Å². The minimum Gasteiger partial charge on any atom is -0.364 e. The largest absolute Gasteiger partial charge is 0.364 e. The maximum atomic E-state index is 16.1. The number of fused-ring (bicyclic) bond motifs is 9. The van der Waals surface area contributed by atoms with Crippen molar-refractivity contribution in [3.05, 3.63) is 57.9 Å². The van der Waals surface area contributed by atoms with Gasteiger partial charge < -0.3 is 20.0 Å². The van der Waals surface area contributed by atoms with E-state index in [-0.39, 0.29) is 11.1 Å².